The Labute approximate surface area is 123 Å². The van der Waals surface area contributed by atoms with Crippen LogP contribution in [0.15, 0.2) is 38.5 Å². The summed E-state index contributed by atoms with van der Waals surface area (Å²) in [5, 5.41) is 0. The lowest BCUT2D eigenvalue weighted by atomic mass is 10.4. The van der Waals surface area contributed by atoms with E-state index in [1.165, 1.54) is 6.20 Å². The van der Waals surface area contributed by atoms with E-state index >= 15 is 0 Å². The Morgan fingerprint density at radius 1 is 1.37 bits per heavy atom. The number of sulfonamides is 1. The maximum Gasteiger partial charge on any atom is 0.271 e. The van der Waals surface area contributed by atoms with Crippen molar-refractivity contribution in [3.63, 3.8) is 0 Å². The zero-order valence-corrected chi connectivity index (χ0v) is 13.2. The Hall–Kier alpha value is -1.12. The molecule has 19 heavy (non-hydrogen) atoms. The van der Waals surface area contributed by atoms with Gasteiger partial charge in [-0.1, -0.05) is 0 Å². The minimum Gasteiger partial charge on any atom is -0.478 e. The highest BCUT2D eigenvalue weighted by Crippen LogP contribution is 2.27. The van der Waals surface area contributed by atoms with Gasteiger partial charge in [0, 0.05) is 6.07 Å². The van der Waals surface area contributed by atoms with Crippen molar-refractivity contribution in [2.45, 2.75) is 11.1 Å². The lowest BCUT2D eigenvalue weighted by Crippen LogP contribution is -2.11. The second kappa shape index (κ2) is 5.89. The molecule has 102 valence electrons. The van der Waals surface area contributed by atoms with Crippen molar-refractivity contribution in [1.29, 1.82) is 0 Å². The van der Waals surface area contributed by atoms with Crippen LogP contribution in [-0.2, 0) is 10.0 Å². The van der Waals surface area contributed by atoms with Crippen molar-refractivity contribution < 1.29 is 13.2 Å². The number of nitrogens with zero attached hydrogens (tertiary/aromatic N) is 1. The number of pyridine rings is 1. The molecule has 0 atom stereocenters. The predicted octanol–water partition coefficient (Wildman–Crippen LogP) is 3.11. The molecular weight excluding hydrogens is 352 g/mol. The molecule has 1 N–H and O–H groups in total. The first-order valence-corrected chi connectivity index (χ1v) is 8.47. The monoisotopic (exact) mass is 362 g/mol. The van der Waals surface area contributed by atoms with Gasteiger partial charge in [-0.3, -0.25) is 4.72 Å². The van der Waals surface area contributed by atoms with Crippen LogP contribution in [0.3, 0.4) is 0 Å². The van der Waals surface area contributed by atoms with Gasteiger partial charge in [0.25, 0.3) is 10.0 Å². The SMILES string of the molecule is CCOc1ccc(NS(=O)(=O)c2ccc(Br)s2)cn1. The van der Waals surface area contributed by atoms with Crippen LogP contribution in [0, 0.1) is 0 Å². The molecule has 0 unspecified atom stereocenters. The highest BCUT2D eigenvalue weighted by Gasteiger charge is 2.16. The van der Waals surface area contributed by atoms with Crippen LogP contribution >= 0.6 is 27.3 Å². The van der Waals surface area contributed by atoms with Crippen LogP contribution in [0.5, 0.6) is 5.88 Å². The molecule has 0 amide bonds. The highest BCUT2D eigenvalue weighted by atomic mass is 79.9. The molecule has 0 spiro atoms. The molecular formula is C11H11BrN2O3S2. The van der Waals surface area contributed by atoms with Gasteiger partial charge >= 0.3 is 0 Å². The summed E-state index contributed by atoms with van der Waals surface area (Å²) < 4.78 is 32.7. The van der Waals surface area contributed by atoms with Gasteiger partial charge in [-0.15, -0.1) is 11.3 Å². The van der Waals surface area contributed by atoms with E-state index in [1.807, 2.05) is 6.92 Å². The molecule has 0 aromatic carbocycles. The van der Waals surface area contributed by atoms with Gasteiger partial charge in [-0.2, -0.15) is 0 Å². The van der Waals surface area contributed by atoms with E-state index in [-0.39, 0.29) is 4.21 Å². The van der Waals surface area contributed by atoms with Crippen molar-refractivity contribution in [2.24, 2.45) is 0 Å². The van der Waals surface area contributed by atoms with Crippen LogP contribution in [0.4, 0.5) is 5.69 Å². The molecule has 0 aliphatic heterocycles. The fourth-order valence-electron chi connectivity index (χ4n) is 1.32. The molecule has 5 nitrogen and oxygen atoms in total. The standard InChI is InChI=1S/C11H11BrN2O3S2/c1-2-17-10-5-3-8(7-13-10)14-19(15,16)11-6-4-9(12)18-11/h3-7,14H,2H2,1H3. The van der Waals surface area contributed by atoms with Crippen LogP contribution in [-0.4, -0.2) is 20.0 Å². The maximum atomic E-state index is 12.0. The quantitative estimate of drug-likeness (QED) is 0.886. The number of anilines is 1. The van der Waals surface area contributed by atoms with Gasteiger partial charge < -0.3 is 4.74 Å². The van der Waals surface area contributed by atoms with Crippen molar-refractivity contribution in [3.8, 4) is 5.88 Å². The molecule has 0 saturated heterocycles. The van der Waals surface area contributed by atoms with E-state index in [4.69, 9.17) is 4.74 Å². The summed E-state index contributed by atoms with van der Waals surface area (Å²) in [6.45, 7) is 2.37. The molecule has 0 bridgehead atoms. The van der Waals surface area contributed by atoms with E-state index in [0.717, 1.165) is 15.1 Å². The van der Waals surface area contributed by atoms with Crippen molar-refractivity contribution >= 4 is 43.0 Å². The first kappa shape index (κ1) is 14.3. The summed E-state index contributed by atoms with van der Waals surface area (Å²) in [5.41, 5.74) is 0.396. The lowest BCUT2D eigenvalue weighted by Gasteiger charge is -2.06. The molecule has 0 radical (unpaired) electrons. The predicted molar refractivity (Wildman–Crippen MR) is 78.2 cm³/mol. The average Bonchev–Trinajstić information content (AvgIpc) is 2.79. The van der Waals surface area contributed by atoms with Gasteiger partial charge in [0.15, 0.2) is 0 Å². The third kappa shape index (κ3) is 3.68. The Kier molecular flexibility index (Phi) is 4.43. The summed E-state index contributed by atoms with van der Waals surface area (Å²) in [6.07, 6.45) is 1.42. The van der Waals surface area contributed by atoms with Gasteiger partial charge in [0.2, 0.25) is 5.88 Å². The Morgan fingerprint density at radius 2 is 2.16 bits per heavy atom. The molecule has 0 fully saturated rings. The molecule has 2 aromatic rings. The minimum atomic E-state index is -3.56. The Balaban J connectivity index is 2.16. The topological polar surface area (TPSA) is 68.3 Å². The summed E-state index contributed by atoms with van der Waals surface area (Å²) >= 11 is 4.38. The molecule has 2 aromatic heterocycles. The van der Waals surface area contributed by atoms with Crippen molar-refractivity contribution in [2.75, 3.05) is 11.3 Å². The van der Waals surface area contributed by atoms with Crippen molar-refractivity contribution in [1.82, 2.24) is 4.98 Å². The first-order valence-electron chi connectivity index (χ1n) is 5.38. The molecule has 0 aliphatic rings. The van der Waals surface area contributed by atoms with Crippen LogP contribution in [0.25, 0.3) is 0 Å². The Bertz CT molecular complexity index is 653. The molecule has 0 aliphatic carbocycles. The largest absolute Gasteiger partial charge is 0.478 e. The van der Waals surface area contributed by atoms with E-state index in [1.54, 1.807) is 24.3 Å². The van der Waals surface area contributed by atoms with Crippen LogP contribution < -0.4 is 9.46 Å². The summed E-state index contributed by atoms with van der Waals surface area (Å²) in [5.74, 6) is 0.462. The molecule has 2 rings (SSSR count). The number of ether oxygens (including phenoxy) is 1. The van der Waals surface area contributed by atoms with E-state index in [9.17, 15) is 8.42 Å². The minimum absolute atomic E-state index is 0.244. The zero-order valence-electron chi connectivity index (χ0n) is 9.96. The second-order valence-electron chi connectivity index (χ2n) is 3.48. The smallest absolute Gasteiger partial charge is 0.271 e. The third-order valence-electron chi connectivity index (χ3n) is 2.09. The number of aromatic nitrogens is 1. The number of hydrogen-bond donors (Lipinski definition) is 1. The Morgan fingerprint density at radius 3 is 2.68 bits per heavy atom. The van der Waals surface area contributed by atoms with E-state index in [2.05, 4.69) is 25.6 Å². The zero-order chi connectivity index (χ0) is 13.9. The third-order valence-corrected chi connectivity index (χ3v) is 5.59. The van der Waals surface area contributed by atoms with Crippen LogP contribution in [0.2, 0.25) is 0 Å². The average molecular weight is 363 g/mol. The number of hydrogen-bond acceptors (Lipinski definition) is 5. The molecule has 2 heterocycles. The van der Waals surface area contributed by atoms with E-state index < -0.39 is 10.0 Å². The van der Waals surface area contributed by atoms with Crippen molar-refractivity contribution in [3.05, 3.63) is 34.2 Å². The van der Waals surface area contributed by atoms with Gasteiger partial charge in [-0.05, 0) is 41.1 Å². The van der Waals surface area contributed by atoms with Gasteiger partial charge in [0.05, 0.1) is 22.3 Å². The number of nitrogens with one attached hydrogen (secondary N) is 1. The van der Waals surface area contributed by atoms with E-state index in [0.29, 0.717) is 18.2 Å². The lowest BCUT2D eigenvalue weighted by molar-refractivity contribution is 0.327. The summed E-state index contributed by atoms with van der Waals surface area (Å²) in [4.78, 5) is 4.00. The fraction of sp³-hybridized carbons (Fsp3) is 0.182. The number of thiophene rings is 1. The maximum absolute atomic E-state index is 12.0. The van der Waals surface area contributed by atoms with Gasteiger partial charge in [0.1, 0.15) is 4.21 Å². The first-order chi connectivity index (χ1) is 9.01. The molecule has 0 saturated carbocycles. The van der Waals surface area contributed by atoms with Crippen LogP contribution in [0.1, 0.15) is 6.92 Å². The number of rotatable bonds is 5. The summed E-state index contributed by atoms with van der Waals surface area (Å²) in [7, 11) is -3.56. The van der Waals surface area contributed by atoms with Gasteiger partial charge in [-0.25, -0.2) is 13.4 Å². The normalized spacial score (nSPS) is 11.3. The fourth-order valence-corrected chi connectivity index (χ4v) is 4.37. The highest BCUT2D eigenvalue weighted by molar-refractivity contribution is 9.11. The second-order valence-corrected chi connectivity index (χ2v) is 7.85. The molecule has 8 heteroatoms. The summed E-state index contributed by atoms with van der Waals surface area (Å²) in [6, 6.07) is 6.46. The number of halogens is 1.